The summed E-state index contributed by atoms with van der Waals surface area (Å²) in [7, 11) is 0. The molecule has 0 fully saturated rings. The maximum absolute atomic E-state index is 13.1. The molecule has 7 nitrogen and oxygen atoms in total. The molecule has 0 amide bonds. The van der Waals surface area contributed by atoms with Gasteiger partial charge < -0.3 is 20.0 Å². The fraction of sp³-hybridized carbons (Fsp3) is 0.667. The van der Waals surface area contributed by atoms with Crippen LogP contribution in [-0.4, -0.2) is 50.7 Å². The van der Waals surface area contributed by atoms with Gasteiger partial charge in [0, 0.05) is 0 Å². The van der Waals surface area contributed by atoms with Crippen molar-refractivity contribution in [3.63, 3.8) is 0 Å². The number of aliphatic hydroxyl groups is 1. The summed E-state index contributed by atoms with van der Waals surface area (Å²) >= 11 is 0. The molecule has 1 aromatic rings. The van der Waals surface area contributed by atoms with Crippen LogP contribution < -0.4 is 0 Å². The van der Waals surface area contributed by atoms with Crippen LogP contribution in [0.5, 0.6) is 0 Å². The van der Waals surface area contributed by atoms with E-state index in [9.17, 15) is 41.6 Å². The van der Waals surface area contributed by atoms with Crippen LogP contribution in [0.3, 0.4) is 0 Å². The predicted molar refractivity (Wildman–Crippen MR) is 56.7 cm³/mol. The summed E-state index contributed by atoms with van der Waals surface area (Å²) in [6, 6.07) is 0. The highest BCUT2D eigenvalue weighted by Crippen LogP contribution is 2.39. The van der Waals surface area contributed by atoms with E-state index in [4.69, 9.17) is 0 Å². The molecule has 0 saturated heterocycles. The SMILES string of the molecule is O=[N+]([O-])c1nccn1CC(O)COC(F)(C(F)F)C(F)(F)F. The molecule has 1 rings (SSSR count). The number of aliphatic hydroxyl groups excluding tert-OH is 1. The first-order valence-electron chi connectivity index (χ1n) is 5.50. The zero-order valence-electron chi connectivity index (χ0n) is 10.5. The highest BCUT2D eigenvalue weighted by molar-refractivity contribution is 5.06. The van der Waals surface area contributed by atoms with Crippen molar-refractivity contribution < 1.29 is 41.1 Å². The second kappa shape index (κ2) is 6.48. The van der Waals surface area contributed by atoms with Gasteiger partial charge in [-0.1, -0.05) is 4.98 Å². The van der Waals surface area contributed by atoms with Crippen LogP contribution in [0.1, 0.15) is 0 Å². The number of aromatic nitrogens is 2. The lowest BCUT2D eigenvalue weighted by Gasteiger charge is -2.27. The number of rotatable bonds is 7. The molecule has 0 aliphatic rings. The molecule has 2 unspecified atom stereocenters. The lowest BCUT2D eigenvalue weighted by Crippen LogP contribution is -2.51. The largest absolute Gasteiger partial charge is 0.454 e. The van der Waals surface area contributed by atoms with Gasteiger partial charge in [0.2, 0.25) is 0 Å². The monoisotopic (exact) mass is 337 g/mol. The first-order valence-corrected chi connectivity index (χ1v) is 5.50. The Hall–Kier alpha value is -1.89. The van der Waals surface area contributed by atoms with Crippen LogP contribution >= 0.6 is 0 Å². The van der Waals surface area contributed by atoms with Crippen molar-refractivity contribution in [3.05, 3.63) is 22.5 Å². The van der Waals surface area contributed by atoms with Gasteiger partial charge in [0.1, 0.15) is 18.5 Å². The standard InChI is InChI=1S/C9H9F6N3O4/c10-6(11)8(12,9(13,14)15)22-4-5(19)3-17-2-1-16-7(17)18(20)21/h1-2,5-6,19H,3-4H2. The van der Waals surface area contributed by atoms with Crippen molar-refractivity contribution in [1.82, 2.24) is 9.55 Å². The molecule has 0 spiro atoms. The lowest BCUT2D eigenvalue weighted by atomic mass is 10.3. The van der Waals surface area contributed by atoms with Gasteiger partial charge in [-0.3, -0.25) is 0 Å². The number of alkyl halides is 6. The maximum atomic E-state index is 13.1. The first-order chi connectivity index (χ1) is 9.99. The number of hydrogen-bond acceptors (Lipinski definition) is 5. The molecule has 0 aromatic carbocycles. The van der Waals surface area contributed by atoms with Gasteiger partial charge in [0.15, 0.2) is 0 Å². The average molecular weight is 337 g/mol. The Kier molecular flexibility index (Phi) is 5.35. The van der Waals surface area contributed by atoms with Crippen molar-refractivity contribution in [3.8, 4) is 0 Å². The van der Waals surface area contributed by atoms with E-state index in [2.05, 4.69) is 9.72 Å². The third kappa shape index (κ3) is 3.85. The van der Waals surface area contributed by atoms with E-state index in [-0.39, 0.29) is 0 Å². The number of ether oxygens (including phenoxy) is 1. The third-order valence-corrected chi connectivity index (χ3v) is 2.42. The molecule has 13 heteroatoms. The van der Waals surface area contributed by atoms with Gasteiger partial charge in [-0.2, -0.15) is 17.6 Å². The highest BCUT2D eigenvalue weighted by Gasteiger charge is 2.64. The maximum Gasteiger partial charge on any atom is 0.454 e. The second-order valence-corrected chi connectivity index (χ2v) is 4.04. The number of halogens is 6. The van der Waals surface area contributed by atoms with E-state index in [1.807, 2.05) is 0 Å². The fourth-order valence-electron chi connectivity index (χ4n) is 1.38. The van der Waals surface area contributed by atoms with Crippen LogP contribution in [0.15, 0.2) is 12.4 Å². The Labute approximate surface area is 118 Å². The number of hydrogen-bond donors (Lipinski definition) is 1. The molecule has 0 aliphatic heterocycles. The smallest absolute Gasteiger partial charge is 0.390 e. The molecule has 1 aromatic heterocycles. The molecule has 1 N–H and O–H groups in total. The van der Waals surface area contributed by atoms with Gasteiger partial charge >= 0.3 is 24.4 Å². The summed E-state index contributed by atoms with van der Waals surface area (Å²) in [6.45, 7) is -2.16. The van der Waals surface area contributed by atoms with E-state index in [1.54, 1.807) is 0 Å². The van der Waals surface area contributed by atoms with E-state index in [0.717, 1.165) is 17.0 Å². The topological polar surface area (TPSA) is 90.4 Å². The Morgan fingerprint density at radius 1 is 1.41 bits per heavy atom. The third-order valence-electron chi connectivity index (χ3n) is 2.42. The lowest BCUT2D eigenvalue weighted by molar-refractivity contribution is -0.397. The van der Waals surface area contributed by atoms with Gasteiger partial charge in [0.25, 0.3) is 0 Å². The molecule has 0 aliphatic carbocycles. The van der Waals surface area contributed by atoms with Gasteiger partial charge in [-0.05, 0) is 4.92 Å². The number of nitrogens with zero attached hydrogens (tertiary/aromatic N) is 3. The van der Waals surface area contributed by atoms with Gasteiger partial charge in [-0.15, -0.1) is 0 Å². The molecule has 1 heterocycles. The Morgan fingerprint density at radius 2 is 2.00 bits per heavy atom. The Balaban J connectivity index is 2.71. The summed E-state index contributed by atoms with van der Waals surface area (Å²) in [5, 5.41) is 19.9. The molecule has 0 radical (unpaired) electrons. The molecular weight excluding hydrogens is 328 g/mol. The van der Waals surface area contributed by atoms with Gasteiger partial charge in [-0.25, -0.2) is 13.3 Å². The Morgan fingerprint density at radius 3 is 2.45 bits per heavy atom. The fourth-order valence-corrected chi connectivity index (χ4v) is 1.38. The average Bonchev–Trinajstić information content (AvgIpc) is 2.82. The minimum atomic E-state index is -6.01. The minimum Gasteiger partial charge on any atom is -0.390 e. The molecular formula is C9H9F6N3O4. The van der Waals surface area contributed by atoms with E-state index < -0.39 is 48.6 Å². The number of imidazole rings is 1. The molecule has 22 heavy (non-hydrogen) atoms. The van der Waals surface area contributed by atoms with Crippen LogP contribution in [-0.2, 0) is 11.3 Å². The summed E-state index contributed by atoms with van der Waals surface area (Å²) in [4.78, 5) is 12.8. The van der Waals surface area contributed by atoms with Gasteiger partial charge in [0.05, 0.1) is 13.2 Å². The summed E-state index contributed by atoms with van der Waals surface area (Å²) in [5.41, 5.74) is 0. The molecule has 126 valence electrons. The molecule has 0 bridgehead atoms. The van der Waals surface area contributed by atoms with Crippen molar-refractivity contribution in [1.29, 1.82) is 0 Å². The van der Waals surface area contributed by atoms with E-state index in [0.29, 0.717) is 0 Å². The zero-order chi connectivity index (χ0) is 17.1. The normalized spacial score (nSPS) is 16.5. The quantitative estimate of drug-likeness (QED) is 0.464. The van der Waals surface area contributed by atoms with Crippen molar-refractivity contribution >= 4 is 5.95 Å². The van der Waals surface area contributed by atoms with Crippen LogP contribution in [0.2, 0.25) is 0 Å². The number of nitro groups is 1. The Bertz CT molecular complexity index is 522. The minimum absolute atomic E-state index is 0.701. The van der Waals surface area contributed by atoms with E-state index in [1.165, 1.54) is 0 Å². The van der Waals surface area contributed by atoms with Crippen LogP contribution in [0.4, 0.5) is 32.3 Å². The van der Waals surface area contributed by atoms with Crippen molar-refractivity contribution in [2.24, 2.45) is 0 Å². The van der Waals surface area contributed by atoms with E-state index >= 15 is 0 Å². The van der Waals surface area contributed by atoms with Crippen molar-refractivity contribution in [2.75, 3.05) is 6.61 Å². The summed E-state index contributed by atoms with van der Waals surface area (Å²) in [6.07, 6.45) is -10.5. The highest BCUT2D eigenvalue weighted by atomic mass is 19.4. The first kappa shape index (κ1) is 18.2. The predicted octanol–water partition coefficient (Wildman–Crippen LogP) is 1.66. The molecule has 2 atom stereocenters. The second-order valence-electron chi connectivity index (χ2n) is 4.04. The summed E-state index contributed by atoms with van der Waals surface area (Å²) < 4.78 is 78.2. The van der Waals surface area contributed by atoms with Crippen LogP contribution in [0, 0.1) is 10.1 Å². The van der Waals surface area contributed by atoms with Crippen LogP contribution in [0.25, 0.3) is 0 Å². The van der Waals surface area contributed by atoms with Crippen molar-refractivity contribution in [2.45, 2.75) is 31.1 Å². The molecule has 0 saturated carbocycles. The summed E-state index contributed by atoms with van der Waals surface area (Å²) in [5.74, 6) is -5.98. The zero-order valence-corrected chi connectivity index (χ0v) is 10.5.